The largest absolute Gasteiger partial charge is 0.481 e. The maximum atomic E-state index is 11.4. The van der Waals surface area contributed by atoms with Crippen LogP contribution in [0.15, 0.2) is 0 Å². The molecule has 1 heterocycles. The monoisotopic (exact) mass is 297 g/mol. The predicted octanol–water partition coefficient (Wildman–Crippen LogP) is 3.01. The van der Waals surface area contributed by atoms with Crippen molar-refractivity contribution in [3.05, 3.63) is 0 Å². The Bertz CT molecular complexity index is 356. The molecule has 2 atom stereocenters. The number of aliphatic carboxylic acids is 1. The maximum absolute atomic E-state index is 11.4. The standard InChI is InChI=1S/C17H31NO3/c1-5-18(15-11-21-10-14(15)16(19)20)13-8-6-12(7-9-13)17(2,3)4/h12-15H,5-11H2,1-4H3,(H,19,20). The van der Waals surface area contributed by atoms with Crippen LogP contribution in [-0.4, -0.2) is 47.8 Å². The van der Waals surface area contributed by atoms with Crippen molar-refractivity contribution in [2.24, 2.45) is 17.3 Å². The van der Waals surface area contributed by atoms with Crippen molar-refractivity contribution in [3.63, 3.8) is 0 Å². The fourth-order valence-corrected chi connectivity index (χ4v) is 4.14. The summed E-state index contributed by atoms with van der Waals surface area (Å²) >= 11 is 0. The summed E-state index contributed by atoms with van der Waals surface area (Å²) in [6, 6.07) is 0.589. The van der Waals surface area contributed by atoms with E-state index in [0.29, 0.717) is 24.7 Å². The lowest BCUT2D eigenvalue weighted by molar-refractivity contribution is -0.143. The number of likely N-dealkylation sites (N-methyl/N-ethyl adjacent to an activating group) is 1. The Balaban J connectivity index is 1.98. The van der Waals surface area contributed by atoms with Gasteiger partial charge in [-0.25, -0.2) is 0 Å². The van der Waals surface area contributed by atoms with Crippen molar-refractivity contribution in [1.29, 1.82) is 0 Å². The summed E-state index contributed by atoms with van der Waals surface area (Å²) in [6.45, 7) is 11.0. The highest BCUT2D eigenvalue weighted by atomic mass is 16.5. The Morgan fingerprint density at radius 1 is 1.19 bits per heavy atom. The van der Waals surface area contributed by atoms with E-state index in [1.807, 2.05) is 0 Å². The lowest BCUT2D eigenvalue weighted by atomic mass is 9.71. The van der Waals surface area contributed by atoms with Crippen molar-refractivity contribution in [3.8, 4) is 0 Å². The number of carboxylic acid groups (broad SMARTS) is 1. The molecule has 0 radical (unpaired) electrons. The van der Waals surface area contributed by atoms with E-state index in [2.05, 4.69) is 32.6 Å². The third-order valence-electron chi connectivity index (χ3n) is 5.55. The van der Waals surface area contributed by atoms with Gasteiger partial charge in [0, 0.05) is 12.1 Å². The third-order valence-corrected chi connectivity index (χ3v) is 5.55. The molecule has 1 saturated carbocycles. The minimum absolute atomic E-state index is 0.0590. The van der Waals surface area contributed by atoms with Gasteiger partial charge in [-0.1, -0.05) is 27.7 Å². The van der Waals surface area contributed by atoms with Crippen LogP contribution in [0.2, 0.25) is 0 Å². The first-order valence-corrected chi connectivity index (χ1v) is 8.40. The molecule has 0 bridgehead atoms. The fraction of sp³-hybridized carbons (Fsp3) is 0.941. The van der Waals surface area contributed by atoms with Crippen molar-refractivity contribution in [2.75, 3.05) is 19.8 Å². The summed E-state index contributed by atoms with van der Waals surface area (Å²) in [5.74, 6) is -0.271. The van der Waals surface area contributed by atoms with E-state index in [0.717, 1.165) is 12.5 Å². The molecule has 2 aliphatic rings. The number of carboxylic acids is 1. The van der Waals surface area contributed by atoms with Gasteiger partial charge in [-0.2, -0.15) is 0 Å². The molecule has 0 amide bonds. The normalized spacial score (nSPS) is 34.3. The van der Waals surface area contributed by atoms with Gasteiger partial charge in [0.05, 0.1) is 19.1 Å². The second-order valence-electron chi connectivity index (χ2n) is 7.75. The van der Waals surface area contributed by atoms with Crippen LogP contribution in [0.1, 0.15) is 53.4 Å². The average molecular weight is 297 g/mol. The quantitative estimate of drug-likeness (QED) is 0.866. The van der Waals surface area contributed by atoms with Crippen molar-refractivity contribution < 1.29 is 14.6 Å². The molecule has 2 unspecified atom stereocenters. The molecule has 1 aliphatic carbocycles. The Hall–Kier alpha value is -0.610. The summed E-state index contributed by atoms with van der Waals surface area (Å²) in [7, 11) is 0. The van der Waals surface area contributed by atoms with Gasteiger partial charge >= 0.3 is 5.97 Å². The predicted molar refractivity (Wildman–Crippen MR) is 83.3 cm³/mol. The first-order chi connectivity index (χ1) is 9.84. The van der Waals surface area contributed by atoms with Gasteiger partial charge in [-0.3, -0.25) is 9.69 Å². The molecule has 1 saturated heterocycles. The van der Waals surface area contributed by atoms with Crippen molar-refractivity contribution in [2.45, 2.75) is 65.5 Å². The van der Waals surface area contributed by atoms with Crippen LogP contribution in [-0.2, 0) is 9.53 Å². The Kier molecular flexibility index (Phi) is 5.31. The lowest BCUT2D eigenvalue weighted by Crippen LogP contribution is -2.50. The molecule has 122 valence electrons. The molecule has 2 rings (SSSR count). The summed E-state index contributed by atoms with van der Waals surface area (Å²) in [6.07, 6.45) is 4.91. The van der Waals surface area contributed by atoms with Gasteiger partial charge in [0.1, 0.15) is 0 Å². The second-order valence-corrected chi connectivity index (χ2v) is 7.75. The van der Waals surface area contributed by atoms with Crippen LogP contribution in [0.4, 0.5) is 0 Å². The number of ether oxygens (including phenoxy) is 1. The minimum Gasteiger partial charge on any atom is -0.481 e. The van der Waals surface area contributed by atoms with Gasteiger partial charge < -0.3 is 9.84 Å². The zero-order valence-electron chi connectivity index (χ0n) is 14.0. The van der Waals surface area contributed by atoms with Crippen molar-refractivity contribution >= 4 is 5.97 Å². The highest BCUT2D eigenvalue weighted by Gasteiger charge is 2.41. The lowest BCUT2D eigenvalue weighted by Gasteiger charge is -2.43. The summed E-state index contributed by atoms with van der Waals surface area (Å²) in [5.41, 5.74) is 0.391. The molecule has 4 nitrogen and oxygen atoms in total. The topological polar surface area (TPSA) is 49.8 Å². The number of hydrogen-bond acceptors (Lipinski definition) is 3. The summed E-state index contributed by atoms with van der Waals surface area (Å²) in [5, 5.41) is 9.37. The van der Waals surface area contributed by atoms with Crippen molar-refractivity contribution in [1.82, 2.24) is 4.90 Å². The van der Waals surface area contributed by atoms with Gasteiger partial charge in [0.15, 0.2) is 0 Å². The van der Waals surface area contributed by atoms with Gasteiger partial charge in [0.25, 0.3) is 0 Å². The fourth-order valence-electron chi connectivity index (χ4n) is 4.14. The number of rotatable bonds is 4. The molecular formula is C17H31NO3. The summed E-state index contributed by atoms with van der Waals surface area (Å²) in [4.78, 5) is 13.8. The molecule has 1 aliphatic heterocycles. The van der Waals surface area contributed by atoms with E-state index >= 15 is 0 Å². The molecular weight excluding hydrogens is 266 g/mol. The first kappa shape index (κ1) is 16.8. The molecule has 0 aromatic carbocycles. The Morgan fingerprint density at radius 2 is 1.81 bits per heavy atom. The van der Waals surface area contributed by atoms with Crippen LogP contribution in [0.5, 0.6) is 0 Å². The van der Waals surface area contributed by atoms with E-state index in [-0.39, 0.29) is 12.0 Å². The number of carbonyl (C=O) groups is 1. The smallest absolute Gasteiger partial charge is 0.310 e. The molecule has 1 N–H and O–H groups in total. The van der Waals surface area contributed by atoms with Gasteiger partial charge in [-0.15, -0.1) is 0 Å². The van der Waals surface area contributed by atoms with E-state index in [4.69, 9.17) is 4.74 Å². The van der Waals surface area contributed by atoms with E-state index in [1.54, 1.807) is 0 Å². The average Bonchev–Trinajstić information content (AvgIpc) is 2.88. The SMILES string of the molecule is CCN(C1CCC(C(C)(C)C)CC1)C1COCC1C(=O)O. The van der Waals surface area contributed by atoms with Crippen LogP contribution >= 0.6 is 0 Å². The van der Waals surface area contributed by atoms with E-state index in [1.165, 1.54) is 25.7 Å². The highest BCUT2D eigenvalue weighted by molar-refractivity contribution is 5.71. The van der Waals surface area contributed by atoms with Crippen LogP contribution in [0, 0.1) is 17.3 Å². The summed E-state index contributed by atoms with van der Waals surface area (Å²) < 4.78 is 5.46. The Labute approximate surface area is 128 Å². The van der Waals surface area contributed by atoms with Crippen LogP contribution < -0.4 is 0 Å². The zero-order valence-corrected chi connectivity index (χ0v) is 14.0. The molecule has 0 spiro atoms. The molecule has 0 aromatic rings. The second kappa shape index (κ2) is 6.66. The molecule has 2 fully saturated rings. The first-order valence-electron chi connectivity index (χ1n) is 8.40. The zero-order chi connectivity index (χ0) is 15.6. The third kappa shape index (κ3) is 3.78. The molecule has 21 heavy (non-hydrogen) atoms. The van der Waals surface area contributed by atoms with E-state index < -0.39 is 5.97 Å². The number of hydrogen-bond donors (Lipinski definition) is 1. The molecule has 0 aromatic heterocycles. The van der Waals surface area contributed by atoms with Crippen LogP contribution in [0.3, 0.4) is 0 Å². The number of nitrogens with zero attached hydrogens (tertiary/aromatic N) is 1. The Morgan fingerprint density at radius 3 is 2.29 bits per heavy atom. The van der Waals surface area contributed by atoms with Crippen LogP contribution in [0.25, 0.3) is 0 Å². The highest BCUT2D eigenvalue weighted by Crippen LogP contribution is 2.40. The molecule has 4 heteroatoms. The maximum Gasteiger partial charge on any atom is 0.310 e. The van der Waals surface area contributed by atoms with Gasteiger partial charge in [-0.05, 0) is 43.6 Å². The van der Waals surface area contributed by atoms with E-state index in [9.17, 15) is 9.90 Å². The minimum atomic E-state index is -0.709. The van der Waals surface area contributed by atoms with Gasteiger partial charge in [0.2, 0.25) is 0 Å².